The minimum atomic E-state index is -1.35. The number of benzene rings is 2. The first kappa shape index (κ1) is 24.5. The SMILES string of the molecule is CC1=CC(=O)C2=C(C1=O)C(c1cccc(O)c1)C1=CCC3C(=O)N(c4ccc(C(=O)O)c(O)c4)C(=O)C3C1C2. The lowest BCUT2D eigenvalue weighted by Gasteiger charge is -2.42. The van der Waals surface area contributed by atoms with Gasteiger partial charge in [0.25, 0.3) is 0 Å². The van der Waals surface area contributed by atoms with Crippen LogP contribution < -0.4 is 4.90 Å². The number of hydrogen-bond acceptors (Lipinski definition) is 7. The minimum Gasteiger partial charge on any atom is -0.508 e. The first-order valence-electron chi connectivity index (χ1n) is 12.5. The maximum absolute atomic E-state index is 13.9. The molecule has 2 amide bonds. The quantitative estimate of drug-likeness (QED) is 0.314. The molecule has 0 bridgehead atoms. The van der Waals surface area contributed by atoms with Crippen molar-refractivity contribution in [3.05, 3.63) is 88.0 Å². The Labute approximate surface area is 222 Å². The molecule has 4 unspecified atom stereocenters. The van der Waals surface area contributed by atoms with Crippen molar-refractivity contribution in [2.24, 2.45) is 17.8 Å². The third kappa shape index (κ3) is 3.57. The molecule has 0 radical (unpaired) electrons. The van der Waals surface area contributed by atoms with E-state index in [1.165, 1.54) is 24.3 Å². The molecule has 0 aromatic heterocycles. The van der Waals surface area contributed by atoms with E-state index in [0.29, 0.717) is 22.3 Å². The molecule has 1 fully saturated rings. The second kappa shape index (κ2) is 8.62. The fourth-order valence-electron chi connectivity index (χ4n) is 6.54. The van der Waals surface area contributed by atoms with Gasteiger partial charge in [-0.15, -0.1) is 0 Å². The van der Waals surface area contributed by atoms with Crippen LogP contribution in [0.4, 0.5) is 5.69 Å². The van der Waals surface area contributed by atoms with Gasteiger partial charge in [0.15, 0.2) is 11.6 Å². The number of phenolic OH excluding ortho intramolecular Hbond substituents is 1. The van der Waals surface area contributed by atoms with E-state index in [1.54, 1.807) is 19.1 Å². The van der Waals surface area contributed by atoms with E-state index in [4.69, 9.17) is 0 Å². The highest BCUT2D eigenvalue weighted by Crippen LogP contribution is 2.55. The topological polar surface area (TPSA) is 149 Å². The number of allylic oxidation sites excluding steroid dienone is 6. The smallest absolute Gasteiger partial charge is 0.339 e. The zero-order valence-corrected chi connectivity index (χ0v) is 20.7. The summed E-state index contributed by atoms with van der Waals surface area (Å²) >= 11 is 0. The van der Waals surface area contributed by atoms with Gasteiger partial charge in [0.05, 0.1) is 17.5 Å². The van der Waals surface area contributed by atoms with E-state index < -0.39 is 47.2 Å². The van der Waals surface area contributed by atoms with Crippen molar-refractivity contribution in [2.75, 3.05) is 4.90 Å². The van der Waals surface area contributed by atoms with Gasteiger partial charge in [0.1, 0.15) is 17.1 Å². The summed E-state index contributed by atoms with van der Waals surface area (Å²) in [6.45, 7) is 1.59. The average Bonchev–Trinajstić information content (AvgIpc) is 3.15. The van der Waals surface area contributed by atoms with Crippen molar-refractivity contribution >= 4 is 35.0 Å². The number of aromatic carboxylic acids is 1. The number of amides is 2. The molecule has 2 aromatic rings. The Morgan fingerprint density at radius 2 is 1.74 bits per heavy atom. The Hall–Kier alpha value is -4.79. The van der Waals surface area contributed by atoms with Gasteiger partial charge in [-0.1, -0.05) is 23.8 Å². The molecule has 4 atom stereocenters. The zero-order chi connectivity index (χ0) is 27.7. The fraction of sp³-hybridized carbons (Fsp3) is 0.233. The van der Waals surface area contributed by atoms with Gasteiger partial charge < -0.3 is 15.3 Å². The van der Waals surface area contributed by atoms with Crippen molar-refractivity contribution in [1.29, 1.82) is 0 Å². The summed E-state index contributed by atoms with van der Waals surface area (Å²) < 4.78 is 0. The number of anilines is 1. The van der Waals surface area contributed by atoms with Crippen LogP contribution in [0.25, 0.3) is 0 Å². The van der Waals surface area contributed by atoms with Gasteiger partial charge in [-0.3, -0.25) is 19.2 Å². The van der Waals surface area contributed by atoms with E-state index in [1.807, 2.05) is 6.08 Å². The molecule has 1 aliphatic heterocycles. The summed E-state index contributed by atoms with van der Waals surface area (Å²) in [5.41, 5.74) is 2.03. The van der Waals surface area contributed by atoms with Crippen LogP contribution in [0.3, 0.4) is 0 Å². The third-order valence-corrected chi connectivity index (χ3v) is 8.24. The Morgan fingerprint density at radius 3 is 2.44 bits per heavy atom. The number of imide groups is 1. The van der Waals surface area contributed by atoms with Gasteiger partial charge in [-0.05, 0) is 61.6 Å². The lowest BCUT2D eigenvalue weighted by Crippen LogP contribution is -2.39. The molecule has 3 aliphatic carbocycles. The van der Waals surface area contributed by atoms with Gasteiger partial charge in [-0.2, -0.15) is 0 Å². The van der Waals surface area contributed by atoms with Gasteiger partial charge in [-0.25, -0.2) is 9.69 Å². The summed E-state index contributed by atoms with van der Waals surface area (Å²) in [6, 6.07) is 9.98. The number of nitrogens with zero attached hydrogens (tertiary/aromatic N) is 1. The summed E-state index contributed by atoms with van der Waals surface area (Å²) in [4.78, 5) is 66.2. The molecule has 9 nitrogen and oxygen atoms in total. The number of carbonyl (C=O) groups is 5. The Bertz CT molecular complexity index is 1630. The number of rotatable bonds is 3. The molecule has 0 saturated carbocycles. The van der Waals surface area contributed by atoms with Crippen LogP contribution >= 0.6 is 0 Å². The first-order valence-corrected chi connectivity index (χ1v) is 12.5. The highest BCUT2D eigenvalue weighted by Gasteiger charge is 2.56. The number of fused-ring (bicyclic) bond motifs is 3. The van der Waals surface area contributed by atoms with Crippen LogP contribution in [-0.2, 0) is 19.2 Å². The van der Waals surface area contributed by atoms with Crippen molar-refractivity contribution < 1.29 is 39.3 Å². The number of hydrogen-bond donors (Lipinski definition) is 3. The van der Waals surface area contributed by atoms with Gasteiger partial charge in [0.2, 0.25) is 11.8 Å². The molecule has 196 valence electrons. The van der Waals surface area contributed by atoms with Crippen molar-refractivity contribution in [1.82, 2.24) is 0 Å². The number of carboxylic acids is 1. The molecule has 6 rings (SSSR count). The summed E-state index contributed by atoms with van der Waals surface area (Å²) in [6.07, 6.45) is 3.51. The standard InChI is InChI=1S/C30H23NO8/c1-13-9-22(33)21-12-20-17(24(26(21)27(13)35)14-3-2-4-16(32)10-14)7-8-19-25(20)29(37)31(28(19)36)15-5-6-18(30(38)39)23(34)11-15/h2-7,9-11,19-20,24-25,32,34H,8,12H2,1H3,(H,38,39). The largest absolute Gasteiger partial charge is 0.508 e. The molecular formula is C30H23NO8. The predicted molar refractivity (Wildman–Crippen MR) is 137 cm³/mol. The first-order chi connectivity index (χ1) is 18.6. The second-order valence-electron chi connectivity index (χ2n) is 10.3. The molecular weight excluding hydrogens is 502 g/mol. The predicted octanol–water partition coefficient (Wildman–Crippen LogP) is 3.43. The maximum atomic E-state index is 13.9. The van der Waals surface area contributed by atoms with Crippen LogP contribution in [0.5, 0.6) is 11.5 Å². The van der Waals surface area contributed by atoms with Crippen LogP contribution in [0.1, 0.15) is 41.6 Å². The van der Waals surface area contributed by atoms with E-state index in [0.717, 1.165) is 22.6 Å². The highest BCUT2D eigenvalue weighted by atomic mass is 16.4. The molecule has 39 heavy (non-hydrogen) atoms. The Morgan fingerprint density at radius 1 is 0.974 bits per heavy atom. The number of aromatic hydroxyl groups is 2. The van der Waals surface area contributed by atoms with E-state index in [2.05, 4.69) is 0 Å². The number of carboxylic acid groups (broad SMARTS) is 1. The molecule has 2 aromatic carbocycles. The summed E-state index contributed by atoms with van der Waals surface area (Å²) in [5.74, 6) is -6.22. The highest BCUT2D eigenvalue weighted by molar-refractivity contribution is 6.25. The summed E-state index contributed by atoms with van der Waals surface area (Å²) in [5, 5.41) is 29.6. The Kier molecular flexibility index (Phi) is 5.43. The Balaban J connectivity index is 1.46. The minimum absolute atomic E-state index is 0.00387. The van der Waals surface area contributed by atoms with Gasteiger partial charge >= 0.3 is 5.97 Å². The van der Waals surface area contributed by atoms with Gasteiger partial charge in [0, 0.05) is 28.7 Å². The number of Topliss-reactive ketones (excluding diaryl/α,β-unsaturated/α-hetero) is 1. The van der Waals surface area contributed by atoms with E-state index in [9.17, 15) is 39.3 Å². The fourth-order valence-corrected chi connectivity index (χ4v) is 6.54. The van der Waals surface area contributed by atoms with Crippen LogP contribution in [0.2, 0.25) is 0 Å². The second-order valence-corrected chi connectivity index (χ2v) is 10.3. The van der Waals surface area contributed by atoms with Crippen molar-refractivity contribution in [3.63, 3.8) is 0 Å². The maximum Gasteiger partial charge on any atom is 0.339 e. The lowest BCUT2D eigenvalue weighted by atomic mass is 9.59. The van der Waals surface area contributed by atoms with Crippen molar-refractivity contribution in [3.8, 4) is 11.5 Å². The summed E-state index contributed by atoms with van der Waals surface area (Å²) in [7, 11) is 0. The lowest BCUT2D eigenvalue weighted by molar-refractivity contribution is -0.123. The van der Waals surface area contributed by atoms with Crippen LogP contribution in [0.15, 0.2) is 76.9 Å². The number of carbonyl (C=O) groups excluding carboxylic acids is 4. The molecule has 0 spiro atoms. The number of phenols is 2. The molecule has 1 heterocycles. The van der Waals surface area contributed by atoms with Crippen molar-refractivity contribution in [2.45, 2.75) is 25.7 Å². The van der Waals surface area contributed by atoms with E-state index in [-0.39, 0.29) is 41.4 Å². The monoisotopic (exact) mass is 525 g/mol. The van der Waals surface area contributed by atoms with E-state index >= 15 is 0 Å². The zero-order valence-electron chi connectivity index (χ0n) is 20.7. The molecule has 4 aliphatic rings. The third-order valence-electron chi connectivity index (χ3n) is 8.24. The van der Waals surface area contributed by atoms with Crippen LogP contribution in [-0.4, -0.2) is 44.7 Å². The molecule has 3 N–H and O–H groups in total. The normalized spacial score (nSPS) is 26.1. The molecule has 9 heteroatoms. The molecule has 1 saturated heterocycles. The average molecular weight is 526 g/mol. The van der Waals surface area contributed by atoms with Crippen LogP contribution in [0, 0.1) is 17.8 Å². The number of ketones is 2.